The minimum atomic E-state index is -2.72. The Balaban J connectivity index is 2.39. The second-order valence-electron chi connectivity index (χ2n) is 3.32. The highest BCUT2D eigenvalue weighted by atomic mass is 32.2. The fourth-order valence-electron chi connectivity index (χ4n) is 1.98. The van der Waals surface area contributed by atoms with E-state index in [1.807, 2.05) is 0 Å². The van der Waals surface area contributed by atoms with Gasteiger partial charge in [-0.1, -0.05) is 11.6 Å². The van der Waals surface area contributed by atoms with Gasteiger partial charge in [0.1, 0.15) is 0 Å². The Bertz CT molecular complexity index is 287. The van der Waals surface area contributed by atoms with Gasteiger partial charge < -0.3 is 0 Å². The second kappa shape index (κ2) is 2.34. The van der Waals surface area contributed by atoms with Crippen LogP contribution in [0, 0.1) is 0 Å². The molecule has 0 saturated carbocycles. The summed E-state index contributed by atoms with van der Waals surface area (Å²) < 4.78 is 22.7. The van der Waals surface area contributed by atoms with Gasteiger partial charge in [0.05, 0.1) is 11.0 Å². The molecule has 2 nitrogen and oxygen atoms in total. The van der Waals surface area contributed by atoms with Crippen molar-refractivity contribution in [2.24, 2.45) is 0 Å². The van der Waals surface area contributed by atoms with Crippen molar-refractivity contribution in [3.8, 4) is 0 Å². The summed E-state index contributed by atoms with van der Waals surface area (Å²) >= 11 is 0. The van der Waals surface area contributed by atoms with Gasteiger partial charge in [-0.2, -0.15) is 0 Å². The molecule has 0 spiro atoms. The maximum absolute atomic E-state index is 11.4. The molecule has 0 aromatic heterocycles. The van der Waals surface area contributed by atoms with Crippen LogP contribution in [-0.4, -0.2) is 19.4 Å². The molecule has 0 amide bonds. The van der Waals surface area contributed by atoms with Gasteiger partial charge in [0.2, 0.25) is 0 Å². The van der Waals surface area contributed by atoms with Crippen molar-refractivity contribution < 1.29 is 8.42 Å². The summed E-state index contributed by atoms with van der Waals surface area (Å²) in [5.41, 5.74) is 1.19. The molecular formula is C8H12O2S. The van der Waals surface area contributed by atoms with Crippen molar-refractivity contribution in [3.63, 3.8) is 0 Å². The highest BCUT2D eigenvalue weighted by Crippen LogP contribution is 2.33. The van der Waals surface area contributed by atoms with E-state index < -0.39 is 9.84 Å². The number of hydrogen-bond acceptors (Lipinski definition) is 2. The van der Waals surface area contributed by atoms with Gasteiger partial charge in [-0.3, -0.25) is 0 Å². The van der Waals surface area contributed by atoms with Gasteiger partial charge >= 0.3 is 0 Å². The lowest BCUT2D eigenvalue weighted by atomic mass is 9.98. The highest BCUT2D eigenvalue weighted by molar-refractivity contribution is 7.92. The molecule has 1 atom stereocenters. The van der Waals surface area contributed by atoms with Crippen molar-refractivity contribution >= 4 is 9.84 Å². The van der Waals surface area contributed by atoms with Crippen molar-refractivity contribution in [1.82, 2.24) is 0 Å². The molecule has 3 heteroatoms. The first-order valence-electron chi connectivity index (χ1n) is 4.11. The lowest BCUT2D eigenvalue weighted by Gasteiger charge is -2.15. The first kappa shape index (κ1) is 7.35. The van der Waals surface area contributed by atoms with Crippen molar-refractivity contribution in [2.75, 3.05) is 5.75 Å². The van der Waals surface area contributed by atoms with E-state index in [0.717, 1.165) is 25.7 Å². The third-order valence-corrected chi connectivity index (χ3v) is 4.78. The average Bonchev–Trinajstić information content (AvgIpc) is 2.29. The Labute approximate surface area is 67.2 Å². The minimum Gasteiger partial charge on any atom is -0.228 e. The summed E-state index contributed by atoms with van der Waals surface area (Å²) in [7, 11) is -2.72. The predicted molar refractivity (Wildman–Crippen MR) is 44.1 cm³/mol. The van der Waals surface area contributed by atoms with Crippen LogP contribution in [0.25, 0.3) is 0 Å². The summed E-state index contributed by atoms with van der Waals surface area (Å²) in [5, 5.41) is -0.0868. The molecule has 1 unspecified atom stereocenters. The molecule has 1 heterocycles. The molecule has 0 bridgehead atoms. The smallest absolute Gasteiger partial charge is 0.157 e. The second-order valence-corrected chi connectivity index (χ2v) is 5.62. The fourth-order valence-corrected chi connectivity index (χ4v) is 3.99. The Kier molecular flexibility index (Phi) is 1.56. The number of allylic oxidation sites excluding steroid dienone is 1. The predicted octanol–water partition coefficient (Wildman–Crippen LogP) is 1.28. The highest BCUT2D eigenvalue weighted by Gasteiger charge is 2.35. The molecule has 62 valence electrons. The number of fused-ring (bicyclic) bond motifs is 1. The van der Waals surface area contributed by atoms with Gasteiger partial charge in [-0.15, -0.1) is 0 Å². The van der Waals surface area contributed by atoms with Crippen LogP contribution in [0.15, 0.2) is 11.6 Å². The summed E-state index contributed by atoms with van der Waals surface area (Å²) in [5.74, 6) is 0.392. The molecule has 0 aromatic rings. The molecule has 1 aliphatic carbocycles. The maximum Gasteiger partial charge on any atom is 0.157 e. The first-order chi connectivity index (χ1) is 5.20. The number of sulfone groups is 1. The van der Waals surface area contributed by atoms with E-state index >= 15 is 0 Å². The van der Waals surface area contributed by atoms with E-state index in [9.17, 15) is 8.42 Å². The van der Waals surface area contributed by atoms with Gasteiger partial charge in [-0.05, 0) is 25.7 Å². The largest absolute Gasteiger partial charge is 0.228 e. The third-order valence-electron chi connectivity index (χ3n) is 2.60. The zero-order chi connectivity index (χ0) is 7.90. The molecule has 1 saturated heterocycles. The van der Waals surface area contributed by atoms with Crippen LogP contribution < -0.4 is 0 Å². The van der Waals surface area contributed by atoms with Crippen LogP contribution in [0.5, 0.6) is 0 Å². The summed E-state index contributed by atoms with van der Waals surface area (Å²) in [6, 6.07) is 0. The summed E-state index contributed by atoms with van der Waals surface area (Å²) in [6.07, 6.45) is 5.93. The standard InChI is InChI=1S/C8H12O2S/c9-11(10)6-5-7-3-1-2-4-8(7)11/h3,8H,1-2,4-6H2. The molecule has 0 N–H and O–H groups in total. The lowest BCUT2D eigenvalue weighted by molar-refractivity contribution is 0.583. The third kappa shape index (κ3) is 1.11. The minimum absolute atomic E-state index is 0.0868. The quantitative estimate of drug-likeness (QED) is 0.516. The van der Waals surface area contributed by atoms with Crippen LogP contribution in [0.4, 0.5) is 0 Å². The van der Waals surface area contributed by atoms with Crippen LogP contribution in [-0.2, 0) is 9.84 Å². The van der Waals surface area contributed by atoms with Crippen molar-refractivity contribution in [3.05, 3.63) is 11.6 Å². The Morgan fingerprint density at radius 1 is 1.45 bits per heavy atom. The SMILES string of the molecule is O=S1(=O)CCC2=CCCCC21. The molecule has 1 aliphatic heterocycles. The number of hydrogen-bond donors (Lipinski definition) is 0. The van der Waals surface area contributed by atoms with Crippen LogP contribution in [0.3, 0.4) is 0 Å². The van der Waals surface area contributed by atoms with Crippen molar-refractivity contribution in [2.45, 2.75) is 30.9 Å². The monoisotopic (exact) mass is 172 g/mol. The van der Waals surface area contributed by atoms with Crippen LogP contribution in [0.1, 0.15) is 25.7 Å². The van der Waals surface area contributed by atoms with E-state index in [-0.39, 0.29) is 5.25 Å². The molecule has 1 fully saturated rings. The molecule has 11 heavy (non-hydrogen) atoms. The maximum atomic E-state index is 11.4. The van der Waals surface area contributed by atoms with Crippen LogP contribution in [0.2, 0.25) is 0 Å². The van der Waals surface area contributed by atoms with E-state index in [2.05, 4.69) is 6.08 Å². The zero-order valence-corrected chi connectivity index (χ0v) is 7.23. The van der Waals surface area contributed by atoms with Gasteiger partial charge in [0.15, 0.2) is 9.84 Å². The normalized spacial score (nSPS) is 34.5. The van der Waals surface area contributed by atoms with E-state index in [1.54, 1.807) is 0 Å². The molecule has 0 radical (unpaired) electrons. The Morgan fingerprint density at radius 3 is 3.00 bits per heavy atom. The molecule has 2 aliphatic rings. The summed E-state index contributed by atoms with van der Waals surface area (Å²) in [4.78, 5) is 0. The van der Waals surface area contributed by atoms with E-state index in [0.29, 0.717) is 5.75 Å². The van der Waals surface area contributed by atoms with E-state index in [4.69, 9.17) is 0 Å². The molecular weight excluding hydrogens is 160 g/mol. The van der Waals surface area contributed by atoms with Gasteiger partial charge in [0.25, 0.3) is 0 Å². The van der Waals surface area contributed by atoms with Gasteiger partial charge in [-0.25, -0.2) is 8.42 Å². The number of rotatable bonds is 0. The van der Waals surface area contributed by atoms with Crippen LogP contribution >= 0.6 is 0 Å². The van der Waals surface area contributed by atoms with Gasteiger partial charge in [0, 0.05) is 0 Å². The topological polar surface area (TPSA) is 34.1 Å². The lowest BCUT2D eigenvalue weighted by Crippen LogP contribution is -2.18. The fraction of sp³-hybridized carbons (Fsp3) is 0.750. The van der Waals surface area contributed by atoms with Crippen molar-refractivity contribution in [1.29, 1.82) is 0 Å². The summed E-state index contributed by atoms with van der Waals surface area (Å²) in [6.45, 7) is 0. The Morgan fingerprint density at radius 2 is 2.27 bits per heavy atom. The molecule has 2 rings (SSSR count). The van der Waals surface area contributed by atoms with E-state index in [1.165, 1.54) is 5.57 Å². The zero-order valence-electron chi connectivity index (χ0n) is 6.41. The Hall–Kier alpha value is -0.310. The first-order valence-corrected chi connectivity index (χ1v) is 5.82. The molecule has 0 aromatic carbocycles. The average molecular weight is 172 g/mol.